The Morgan fingerprint density at radius 1 is 1.64 bits per heavy atom. The number of nitrogens with zero attached hydrogens (tertiary/aromatic N) is 3. The summed E-state index contributed by atoms with van der Waals surface area (Å²) in [5.74, 6) is 0.321. The van der Waals surface area contributed by atoms with Crippen LogP contribution in [0.2, 0.25) is 0 Å². The molecule has 0 bridgehead atoms. The first kappa shape index (κ1) is 10.8. The average Bonchev–Trinajstić information content (AvgIpc) is 2.43. The van der Waals surface area contributed by atoms with Crippen molar-refractivity contribution in [2.45, 2.75) is 19.0 Å². The van der Waals surface area contributed by atoms with Crippen LogP contribution in [0.15, 0.2) is 9.95 Å². The van der Waals surface area contributed by atoms with Gasteiger partial charge in [0.15, 0.2) is 0 Å². The molecule has 0 amide bonds. The third-order valence-corrected chi connectivity index (χ3v) is 2.26. The Kier molecular flexibility index (Phi) is 3.34. The number of rotatable bonds is 3. The molecule has 0 aliphatic carbocycles. The Morgan fingerprint density at radius 2 is 2.29 bits per heavy atom. The van der Waals surface area contributed by atoms with Crippen LogP contribution in [0.1, 0.15) is 18.6 Å². The van der Waals surface area contributed by atoms with Crippen LogP contribution in [-0.2, 0) is 0 Å². The topological polar surface area (TPSA) is 66.1 Å². The van der Waals surface area contributed by atoms with Gasteiger partial charge in [-0.1, -0.05) is 18.7 Å². The maximum atomic E-state index is 11.4. The van der Waals surface area contributed by atoms with Crippen molar-refractivity contribution >= 4 is 17.7 Å². The lowest BCUT2D eigenvalue weighted by molar-refractivity contribution is 0.0906. The van der Waals surface area contributed by atoms with Gasteiger partial charge in [0, 0.05) is 6.92 Å². The maximum absolute atomic E-state index is 11.4. The molecule has 14 heavy (non-hydrogen) atoms. The first-order chi connectivity index (χ1) is 6.61. The number of carbonyl (C=O) groups is 1. The summed E-state index contributed by atoms with van der Waals surface area (Å²) in [6.45, 7) is 3.19. The van der Waals surface area contributed by atoms with Crippen LogP contribution in [0.25, 0.3) is 0 Å². The molecule has 0 N–H and O–H groups in total. The normalized spacial score (nSPS) is 10.2. The molecular formula is C7H11N3O3S. The van der Waals surface area contributed by atoms with Crippen LogP contribution < -0.4 is 10.5 Å². The van der Waals surface area contributed by atoms with Crippen molar-refractivity contribution in [2.24, 2.45) is 0 Å². The lowest BCUT2D eigenvalue weighted by atomic mass is 10.7. The van der Waals surface area contributed by atoms with E-state index in [4.69, 9.17) is 4.84 Å². The highest BCUT2D eigenvalue weighted by Gasteiger charge is 2.15. The molecule has 78 valence electrons. The molecule has 7 heteroatoms. The summed E-state index contributed by atoms with van der Waals surface area (Å²) in [5.41, 5.74) is -0.573. The molecule has 0 saturated heterocycles. The van der Waals surface area contributed by atoms with Crippen molar-refractivity contribution in [1.29, 1.82) is 0 Å². The molecule has 0 aliphatic heterocycles. The van der Waals surface area contributed by atoms with Gasteiger partial charge in [-0.3, -0.25) is 4.79 Å². The number of thioether (sulfide) groups is 1. The molecule has 0 aromatic carbocycles. The molecule has 0 saturated carbocycles. The fourth-order valence-corrected chi connectivity index (χ4v) is 1.58. The van der Waals surface area contributed by atoms with E-state index >= 15 is 0 Å². The molecule has 0 aliphatic rings. The summed E-state index contributed by atoms with van der Waals surface area (Å²) in [5, 5.41) is 4.21. The number of hydrogen-bond donors (Lipinski definition) is 0. The third-order valence-electron chi connectivity index (χ3n) is 1.47. The van der Waals surface area contributed by atoms with Crippen LogP contribution in [0, 0.1) is 0 Å². The maximum Gasteiger partial charge on any atom is 0.387 e. The molecule has 1 aromatic heterocycles. The quantitative estimate of drug-likeness (QED) is 0.660. The minimum Gasteiger partial charge on any atom is -0.410 e. The third kappa shape index (κ3) is 1.82. The molecule has 1 aromatic rings. The molecule has 0 unspecified atom stereocenters. The van der Waals surface area contributed by atoms with Gasteiger partial charge in [0.05, 0.1) is 0 Å². The van der Waals surface area contributed by atoms with Gasteiger partial charge >= 0.3 is 5.69 Å². The molecule has 1 heterocycles. The Balaban J connectivity index is 3.24. The number of carbonyl (C=O) groups excluding carboxylic acids is 1. The van der Waals surface area contributed by atoms with Gasteiger partial charge in [-0.15, -0.1) is 14.5 Å². The van der Waals surface area contributed by atoms with Crippen molar-refractivity contribution in [3.8, 4) is 0 Å². The second-order valence-electron chi connectivity index (χ2n) is 2.41. The van der Waals surface area contributed by atoms with Gasteiger partial charge in [-0.05, 0) is 5.75 Å². The lowest BCUT2D eigenvalue weighted by Crippen LogP contribution is -2.30. The van der Waals surface area contributed by atoms with Gasteiger partial charge < -0.3 is 4.84 Å². The standard InChI is InChI=1S/C7H11N3O3S/c1-4-14-6-8-9(5(2)11)7(12)10(6)13-3/h4H2,1-3H3. The Labute approximate surface area is 84.8 Å². The molecule has 6 nitrogen and oxygen atoms in total. The van der Waals surface area contributed by atoms with Crippen LogP contribution in [0.3, 0.4) is 0 Å². The molecule has 0 radical (unpaired) electrons. The second-order valence-corrected chi connectivity index (χ2v) is 3.64. The summed E-state index contributed by atoms with van der Waals surface area (Å²) in [6, 6.07) is 0. The zero-order valence-corrected chi connectivity index (χ0v) is 9.00. The number of hydrogen-bond acceptors (Lipinski definition) is 5. The van der Waals surface area contributed by atoms with Crippen LogP contribution >= 0.6 is 11.8 Å². The first-order valence-electron chi connectivity index (χ1n) is 4.02. The van der Waals surface area contributed by atoms with Gasteiger partial charge in [-0.25, -0.2) is 4.79 Å². The summed E-state index contributed by atoms with van der Waals surface area (Å²) < 4.78 is 1.77. The van der Waals surface area contributed by atoms with Crippen LogP contribution in [-0.4, -0.2) is 33.3 Å². The molecule has 0 atom stereocenters. The van der Waals surface area contributed by atoms with E-state index in [1.54, 1.807) is 0 Å². The van der Waals surface area contributed by atoms with Crippen molar-refractivity contribution in [2.75, 3.05) is 12.9 Å². The van der Waals surface area contributed by atoms with E-state index in [-0.39, 0.29) is 0 Å². The lowest BCUT2D eigenvalue weighted by Gasteiger charge is -1.98. The first-order valence-corrected chi connectivity index (χ1v) is 5.00. The number of aromatic nitrogens is 3. The Morgan fingerprint density at radius 3 is 2.71 bits per heavy atom. The monoisotopic (exact) mass is 217 g/mol. The zero-order chi connectivity index (χ0) is 10.7. The van der Waals surface area contributed by atoms with E-state index in [1.165, 1.54) is 25.8 Å². The molecule has 1 rings (SSSR count). The van der Waals surface area contributed by atoms with Gasteiger partial charge in [-0.2, -0.15) is 0 Å². The Hall–Kier alpha value is -1.24. The minimum atomic E-state index is -0.573. The predicted octanol–water partition coefficient (Wildman–Crippen LogP) is -0.125. The SMILES string of the molecule is CCSc1nn(C(C)=O)c(=O)n1OC. The van der Waals surface area contributed by atoms with Gasteiger partial charge in [0.1, 0.15) is 7.11 Å². The molecule has 0 spiro atoms. The molecular weight excluding hydrogens is 206 g/mol. The van der Waals surface area contributed by atoms with E-state index in [0.29, 0.717) is 5.16 Å². The van der Waals surface area contributed by atoms with E-state index < -0.39 is 11.6 Å². The summed E-state index contributed by atoms with van der Waals surface area (Å²) in [7, 11) is 1.35. The van der Waals surface area contributed by atoms with Crippen molar-refractivity contribution < 1.29 is 9.63 Å². The van der Waals surface area contributed by atoms with E-state index in [1.807, 2.05) is 6.92 Å². The van der Waals surface area contributed by atoms with Crippen molar-refractivity contribution in [1.82, 2.24) is 14.5 Å². The molecule has 0 fully saturated rings. The summed E-state index contributed by atoms with van der Waals surface area (Å²) in [6.07, 6.45) is 0. The Bertz CT molecular complexity index is 395. The zero-order valence-electron chi connectivity index (χ0n) is 8.18. The van der Waals surface area contributed by atoms with Crippen molar-refractivity contribution in [3.05, 3.63) is 10.5 Å². The van der Waals surface area contributed by atoms with E-state index in [2.05, 4.69) is 5.10 Å². The predicted molar refractivity (Wildman–Crippen MR) is 51.7 cm³/mol. The smallest absolute Gasteiger partial charge is 0.387 e. The van der Waals surface area contributed by atoms with E-state index in [9.17, 15) is 9.59 Å². The second kappa shape index (κ2) is 4.32. The minimum absolute atomic E-state index is 0.384. The van der Waals surface area contributed by atoms with Crippen molar-refractivity contribution in [3.63, 3.8) is 0 Å². The van der Waals surface area contributed by atoms with Gasteiger partial charge in [0.25, 0.3) is 0 Å². The largest absolute Gasteiger partial charge is 0.410 e. The highest BCUT2D eigenvalue weighted by molar-refractivity contribution is 7.99. The van der Waals surface area contributed by atoms with Gasteiger partial charge in [0.2, 0.25) is 11.1 Å². The average molecular weight is 217 g/mol. The highest BCUT2D eigenvalue weighted by atomic mass is 32.2. The van der Waals surface area contributed by atoms with Crippen LogP contribution in [0.5, 0.6) is 0 Å². The highest BCUT2D eigenvalue weighted by Crippen LogP contribution is 2.11. The summed E-state index contributed by atoms with van der Waals surface area (Å²) in [4.78, 5) is 27.2. The fraction of sp³-hybridized carbons (Fsp3) is 0.571. The van der Waals surface area contributed by atoms with Crippen LogP contribution in [0.4, 0.5) is 0 Å². The van der Waals surface area contributed by atoms with E-state index in [0.717, 1.165) is 15.2 Å². The summed E-state index contributed by atoms with van der Waals surface area (Å²) >= 11 is 1.33. The fourth-order valence-electron chi connectivity index (χ4n) is 0.915.